The number of hydrogen-bond acceptors (Lipinski definition) is 6. The number of halogens is 3. The van der Waals surface area contributed by atoms with Crippen LogP contribution in [0.2, 0.25) is 0 Å². The van der Waals surface area contributed by atoms with E-state index in [1.54, 1.807) is 41.5 Å². The molecule has 0 aromatic heterocycles. The van der Waals surface area contributed by atoms with Gasteiger partial charge in [0.05, 0.1) is 21.7 Å². The molecule has 0 fully saturated rings. The molecule has 0 unspecified atom stereocenters. The molecule has 0 aliphatic rings. The number of esters is 3. The Morgan fingerprint density at radius 1 is 0.500 bits per heavy atom. The Labute approximate surface area is 244 Å². The van der Waals surface area contributed by atoms with Crippen molar-refractivity contribution in [2.24, 2.45) is 21.7 Å². The number of ether oxygens (including phenoxy) is 3. The molecule has 0 bridgehead atoms. The highest BCUT2D eigenvalue weighted by Gasteiger charge is 2.48. The Balaban J connectivity index is 5.98. The zero-order valence-electron chi connectivity index (χ0n) is 24.4. The lowest BCUT2D eigenvalue weighted by Gasteiger charge is -2.39. The molecule has 36 heavy (non-hydrogen) atoms. The Morgan fingerprint density at radius 3 is 0.833 bits per heavy atom. The van der Waals surface area contributed by atoms with E-state index in [2.05, 4.69) is 47.8 Å². The maximum absolute atomic E-state index is 13.1. The average molecular weight is 707 g/mol. The van der Waals surface area contributed by atoms with Crippen molar-refractivity contribution in [3.63, 3.8) is 0 Å². The number of rotatable bonds is 13. The molecule has 0 saturated carbocycles. The summed E-state index contributed by atoms with van der Waals surface area (Å²) < 4.78 is 15.8. The molecular weight excluding hydrogens is 660 g/mol. The number of carbonyl (C=O) groups is 3. The zero-order valence-corrected chi connectivity index (χ0v) is 29.2. The van der Waals surface area contributed by atoms with Crippen molar-refractivity contribution >= 4 is 65.7 Å². The first-order valence-electron chi connectivity index (χ1n) is 12.3. The van der Waals surface area contributed by atoms with E-state index in [9.17, 15) is 14.4 Å². The summed E-state index contributed by atoms with van der Waals surface area (Å²) in [5.74, 6) is -1.20. The lowest BCUT2D eigenvalue weighted by molar-refractivity contribution is -0.174. The quantitative estimate of drug-likeness (QED) is 0.112. The van der Waals surface area contributed by atoms with Crippen molar-refractivity contribution in [2.45, 2.75) is 109 Å². The van der Waals surface area contributed by atoms with Gasteiger partial charge in [0.2, 0.25) is 0 Å². The van der Waals surface area contributed by atoms with Crippen LogP contribution in [0, 0.1) is 21.7 Å². The van der Waals surface area contributed by atoms with Gasteiger partial charge in [0, 0.05) is 13.0 Å². The SMILES string of the molecule is CCC(COC(=O)C(C)(C)C(C)(C)Br)(COC(=O)C(C)(C)C(C)(C)Br)COC(=O)C(C)(C)C(C)(C)Br. The minimum atomic E-state index is -0.910. The van der Waals surface area contributed by atoms with Crippen molar-refractivity contribution in [1.29, 1.82) is 0 Å². The molecule has 0 spiro atoms. The fourth-order valence-corrected chi connectivity index (χ4v) is 2.84. The molecule has 0 aromatic carbocycles. The molecular formula is C27H47Br3O6. The summed E-state index contributed by atoms with van der Waals surface area (Å²) in [6.45, 7) is 23.9. The second-order valence-electron chi connectivity index (χ2n) is 12.9. The maximum atomic E-state index is 13.1. The minimum absolute atomic E-state index is 0.0638. The molecule has 9 heteroatoms. The van der Waals surface area contributed by atoms with Crippen LogP contribution in [-0.4, -0.2) is 50.7 Å². The van der Waals surface area contributed by atoms with Crippen LogP contribution in [0.25, 0.3) is 0 Å². The molecule has 0 radical (unpaired) electrons. The minimum Gasteiger partial charge on any atom is -0.464 e. The summed E-state index contributed by atoms with van der Waals surface area (Å²) in [6, 6.07) is 0. The number of alkyl halides is 3. The van der Waals surface area contributed by atoms with E-state index < -0.39 is 52.5 Å². The van der Waals surface area contributed by atoms with Crippen LogP contribution in [0.15, 0.2) is 0 Å². The summed E-state index contributed by atoms with van der Waals surface area (Å²) >= 11 is 10.7. The third kappa shape index (κ3) is 8.42. The molecule has 0 aromatic rings. The molecule has 0 N–H and O–H groups in total. The van der Waals surface area contributed by atoms with Gasteiger partial charge in [-0.15, -0.1) is 0 Å². The van der Waals surface area contributed by atoms with Crippen molar-refractivity contribution in [2.75, 3.05) is 19.8 Å². The number of carbonyl (C=O) groups excluding carboxylic acids is 3. The van der Waals surface area contributed by atoms with Crippen molar-refractivity contribution in [1.82, 2.24) is 0 Å². The second-order valence-corrected chi connectivity index (χ2v) is 18.8. The van der Waals surface area contributed by atoms with E-state index in [0.717, 1.165) is 0 Å². The molecule has 212 valence electrons. The zero-order chi connectivity index (χ0) is 29.2. The highest BCUT2D eigenvalue weighted by atomic mass is 79.9. The van der Waals surface area contributed by atoms with Gasteiger partial charge in [-0.05, 0) is 89.5 Å². The van der Waals surface area contributed by atoms with E-state index in [0.29, 0.717) is 6.42 Å². The fraction of sp³-hybridized carbons (Fsp3) is 0.889. The summed E-state index contributed by atoms with van der Waals surface area (Å²) in [5, 5.41) is 0. The predicted octanol–water partition coefficient (Wildman–Crippen LogP) is 7.61. The third-order valence-electron chi connectivity index (χ3n) is 8.27. The summed E-state index contributed by atoms with van der Waals surface area (Å²) in [5.41, 5.74) is -3.40. The lowest BCUT2D eigenvalue weighted by Crippen LogP contribution is -2.48. The Kier molecular flexibility index (Phi) is 11.9. The number of hydrogen-bond donors (Lipinski definition) is 0. The van der Waals surface area contributed by atoms with E-state index in [4.69, 9.17) is 14.2 Å². The van der Waals surface area contributed by atoms with Crippen LogP contribution < -0.4 is 0 Å². The molecule has 0 rings (SSSR count). The van der Waals surface area contributed by atoms with Crippen LogP contribution in [0.3, 0.4) is 0 Å². The van der Waals surface area contributed by atoms with Gasteiger partial charge in [-0.1, -0.05) is 54.7 Å². The topological polar surface area (TPSA) is 78.9 Å². The van der Waals surface area contributed by atoms with E-state index >= 15 is 0 Å². The predicted molar refractivity (Wildman–Crippen MR) is 156 cm³/mol. The first-order valence-corrected chi connectivity index (χ1v) is 14.7. The van der Waals surface area contributed by atoms with Crippen molar-refractivity contribution in [3.05, 3.63) is 0 Å². The van der Waals surface area contributed by atoms with Crippen molar-refractivity contribution < 1.29 is 28.6 Å². The first-order chi connectivity index (χ1) is 15.7. The summed E-state index contributed by atoms with van der Waals surface area (Å²) in [4.78, 5) is 39.2. The van der Waals surface area contributed by atoms with Gasteiger partial charge < -0.3 is 14.2 Å². The van der Waals surface area contributed by atoms with Gasteiger partial charge in [-0.25, -0.2) is 0 Å². The van der Waals surface area contributed by atoms with Crippen LogP contribution in [-0.2, 0) is 28.6 Å². The summed E-state index contributed by atoms with van der Waals surface area (Å²) in [6.07, 6.45) is 0.454. The van der Waals surface area contributed by atoms with Gasteiger partial charge in [0.25, 0.3) is 0 Å². The maximum Gasteiger partial charge on any atom is 0.312 e. The van der Waals surface area contributed by atoms with Gasteiger partial charge in [0.15, 0.2) is 0 Å². The van der Waals surface area contributed by atoms with Crippen LogP contribution in [0.4, 0.5) is 0 Å². The van der Waals surface area contributed by atoms with E-state index in [-0.39, 0.29) is 19.8 Å². The third-order valence-corrected chi connectivity index (χ3v) is 11.2. The molecule has 0 atom stereocenters. The van der Waals surface area contributed by atoms with Gasteiger partial charge in [-0.3, -0.25) is 14.4 Å². The largest absolute Gasteiger partial charge is 0.464 e. The van der Waals surface area contributed by atoms with Gasteiger partial charge in [-0.2, -0.15) is 0 Å². The van der Waals surface area contributed by atoms with Gasteiger partial charge in [0.1, 0.15) is 19.8 Å². The van der Waals surface area contributed by atoms with E-state index in [1.165, 1.54) is 0 Å². The van der Waals surface area contributed by atoms with Crippen LogP contribution in [0.5, 0.6) is 0 Å². The molecule has 0 saturated heterocycles. The van der Waals surface area contributed by atoms with Crippen molar-refractivity contribution in [3.8, 4) is 0 Å². The normalized spacial score (nSPS) is 14.3. The average Bonchev–Trinajstić information content (AvgIpc) is 2.70. The Hall–Kier alpha value is -0.150. The standard InChI is InChI=1S/C27H47Br3O6/c1-14-27(15-34-18(31)21(2,3)24(8,9)28,16-35-19(32)22(4,5)25(10,11)29)17-36-20(33)23(6,7)26(12,13)30/h14-17H2,1-13H3. The lowest BCUT2D eigenvalue weighted by atomic mass is 9.80. The van der Waals surface area contributed by atoms with E-state index in [1.807, 2.05) is 48.5 Å². The highest BCUT2D eigenvalue weighted by molar-refractivity contribution is 9.10. The Morgan fingerprint density at radius 2 is 0.694 bits per heavy atom. The first kappa shape index (κ1) is 35.9. The Bertz CT molecular complexity index is 693. The van der Waals surface area contributed by atoms with Crippen LogP contribution >= 0.6 is 47.8 Å². The molecule has 0 aliphatic carbocycles. The molecule has 0 aliphatic heterocycles. The molecule has 0 heterocycles. The smallest absolute Gasteiger partial charge is 0.312 e. The fourth-order valence-electron chi connectivity index (χ4n) is 2.36. The van der Waals surface area contributed by atoms with Gasteiger partial charge >= 0.3 is 17.9 Å². The van der Waals surface area contributed by atoms with Crippen LogP contribution in [0.1, 0.15) is 96.4 Å². The monoisotopic (exact) mass is 704 g/mol. The highest BCUT2D eigenvalue weighted by Crippen LogP contribution is 2.42. The molecule has 0 amide bonds. The second kappa shape index (κ2) is 11.9. The molecule has 6 nitrogen and oxygen atoms in total. The summed E-state index contributed by atoms with van der Waals surface area (Å²) in [7, 11) is 0.